The highest BCUT2D eigenvalue weighted by atomic mass is 79.9. The van der Waals surface area contributed by atoms with Crippen LogP contribution in [0.25, 0.3) is 12.4 Å². The van der Waals surface area contributed by atoms with E-state index in [-0.39, 0.29) is 13.2 Å². The molecular weight excluding hydrogens is 664 g/mol. The summed E-state index contributed by atoms with van der Waals surface area (Å²) in [7, 11) is 0. The highest BCUT2D eigenvalue weighted by Gasteiger charge is 2.06. The number of rotatable bonds is 11. The summed E-state index contributed by atoms with van der Waals surface area (Å²) in [4.78, 5) is 21.7. The Morgan fingerprint density at radius 1 is 0.738 bits per heavy atom. The first kappa shape index (κ1) is 40.6. The molecule has 0 atom stereocenters. The molecule has 2 heterocycles. The van der Waals surface area contributed by atoms with Crippen LogP contribution in [0, 0.1) is 0 Å². The molecule has 230 valence electrons. The number of benzene rings is 1. The van der Waals surface area contributed by atoms with Crippen molar-refractivity contribution in [2.75, 3.05) is 24.9 Å². The summed E-state index contributed by atoms with van der Waals surface area (Å²) in [5.41, 5.74) is 3.20. The Kier molecular flexibility index (Phi) is 24.4. The van der Waals surface area contributed by atoms with Crippen molar-refractivity contribution in [1.29, 1.82) is 0 Å². The van der Waals surface area contributed by atoms with Crippen LogP contribution in [0.15, 0.2) is 99.2 Å². The minimum Gasteiger partial charge on any atom is -0.459 e. The maximum atomic E-state index is 10.8. The number of nitrogens with zero attached hydrogens (tertiary/aromatic N) is 4. The lowest BCUT2D eigenvalue weighted by Gasteiger charge is -2.05. The van der Waals surface area contributed by atoms with Gasteiger partial charge in [0, 0.05) is 11.1 Å². The topological polar surface area (TPSA) is 70.2 Å². The van der Waals surface area contributed by atoms with Crippen LogP contribution in [0.3, 0.4) is 0 Å². The highest BCUT2D eigenvalue weighted by molar-refractivity contribution is 9.09. The van der Waals surface area contributed by atoms with Crippen molar-refractivity contribution in [2.24, 2.45) is 0 Å². The summed E-state index contributed by atoms with van der Waals surface area (Å²) in [5.74, 6) is 2.65. The number of imidazole rings is 2. The summed E-state index contributed by atoms with van der Waals surface area (Å²) < 4.78 is 17.5. The summed E-state index contributed by atoms with van der Waals surface area (Å²) >= 11 is 5.88. The number of carbonyl (C=O) groups excluding carboxylic acids is 2. The van der Waals surface area contributed by atoms with Crippen molar-refractivity contribution in [3.05, 3.63) is 110 Å². The molecule has 0 fully saturated rings. The molecule has 0 aliphatic rings. The number of hydrogen-bond acceptors (Lipinski definition) is 4. The van der Waals surface area contributed by atoms with Gasteiger partial charge in [-0.3, -0.25) is 0 Å². The molecule has 0 radical (unpaired) electrons. The van der Waals surface area contributed by atoms with Gasteiger partial charge in [0.15, 0.2) is 0 Å². The average molecular weight is 711 g/mol. The number of carbonyl (C=O) groups is 2. The van der Waals surface area contributed by atoms with E-state index in [1.165, 1.54) is 11.1 Å². The van der Waals surface area contributed by atoms with Crippen molar-refractivity contribution >= 4 is 56.2 Å². The van der Waals surface area contributed by atoms with Crippen LogP contribution >= 0.6 is 31.9 Å². The quantitative estimate of drug-likeness (QED) is 0.0757. The van der Waals surface area contributed by atoms with Crippen LogP contribution in [0.5, 0.6) is 0 Å². The molecule has 1 aromatic carbocycles. The summed E-state index contributed by atoms with van der Waals surface area (Å²) in [6.07, 6.45) is 15.7. The Morgan fingerprint density at radius 3 is 1.29 bits per heavy atom. The fourth-order valence-corrected chi connectivity index (χ4v) is 2.91. The van der Waals surface area contributed by atoms with Gasteiger partial charge in [-0.15, -0.1) is 0 Å². The van der Waals surface area contributed by atoms with E-state index in [9.17, 15) is 9.59 Å². The maximum Gasteiger partial charge on any atom is 0.333 e. The number of esters is 2. The van der Waals surface area contributed by atoms with Crippen molar-refractivity contribution in [3.63, 3.8) is 0 Å². The number of alkyl halides is 2. The normalized spacial score (nSPS) is 8.95. The Balaban J connectivity index is 0. The lowest BCUT2D eigenvalue weighted by Crippen LogP contribution is -2.32. The molecule has 0 bridgehead atoms. The molecule has 2 aromatic heterocycles. The SMILES string of the molecule is C=C(C)C(=O)OCCOC(=O)C(=C)C.C=Cn1cc[n+](Cc2ccc(C[n+]3ccn(C=C)c3)cc2)c1.CBr.CBr.CC. The first-order valence-electron chi connectivity index (χ1n) is 13.1. The number of aromatic nitrogens is 4. The number of hydrogen-bond donors (Lipinski definition) is 0. The minimum atomic E-state index is -0.489. The van der Waals surface area contributed by atoms with E-state index >= 15 is 0 Å². The van der Waals surface area contributed by atoms with Gasteiger partial charge >= 0.3 is 11.9 Å². The molecule has 0 saturated heterocycles. The lowest BCUT2D eigenvalue weighted by molar-refractivity contribution is -0.688. The summed E-state index contributed by atoms with van der Waals surface area (Å²) in [5, 5.41) is 0. The van der Waals surface area contributed by atoms with Crippen molar-refractivity contribution < 1.29 is 28.2 Å². The fraction of sp³-hybridized carbons (Fsp3) is 0.312. The Hall–Kier alpha value is -3.50. The third kappa shape index (κ3) is 17.3. The van der Waals surface area contributed by atoms with Crippen LogP contribution in [-0.4, -0.2) is 46.0 Å². The van der Waals surface area contributed by atoms with Gasteiger partial charge in [0.1, 0.15) is 51.1 Å². The standard InChI is InChI=1S/C18H20N4.C10H14O4.C2H6.2CH3Br/c1-3-19-9-11-21(15-19)13-17-5-7-18(8-6-17)14-22-12-10-20(4-2)16-22;1-7(2)9(11)13-5-6-14-10(12)8(3)4;3*1-2/h3-12,15-16H,1-2,13-14H2;1,3,5-6H2,2,4H3;1-2H3;2*1H3/q+2;;;;. The van der Waals surface area contributed by atoms with E-state index in [1.54, 1.807) is 26.2 Å². The zero-order valence-electron chi connectivity index (χ0n) is 25.8. The molecule has 10 heteroatoms. The minimum absolute atomic E-state index is 0.0325. The van der Waals surface area contributed by atoms with Gasteiger partial charge < -0.3 is 9.47 Å². The molecule has 8 nitrogen and oxygen atoms in total. The molecule has 42 heavy (non-hydrogen) atoms. The molecule has 0 unspecified atom stereocenters. The van der Waals surface area contributed by atoms with Crippen molar-refractivity contribution in [2.45, 2.75) is 40.8 Å². The van der Waals surface area contributed by atoms with E-state index in [0.29, 0.717) is 11.1 Å². The summed E-state index contributed by atoms with van der Waals surface area (Å²) in [6.45, 7) is 23.2. The second-order valence-corrected chi connectivity index (χ2v) is 8.08. The fourth-order valence-electron chi connectivity index (χ4n) is 2.91. The van der Waals surface area contributed by atoms with E-state index < -0.39 is 11.9 Å². The molecule has 3 rings (SSSR count). The van der Waals surface area contributed by atoms with E-state index in [1.807, 2.05) is 72.1 Å². The maximum absolute atomic E-state index is 10.8. The Morgan fingerprint density at radius 2 is 1.05 bits per heavy atom. The van der Waals surface area contributed by atoms with Crippen LogP contribution in [0.4, 0.5) is 0 Å². The van der Waals surface area contributed by atoms with Crippen LogP contribution < -0.4 is 9.13 Å². The molecule has 0 aliphatic heterocycles. The molecular formula is C32H46Br2N4O4+2. The summed E-state index contributed by atoms with van der Waals surface area (Å²) in [6, 6.07) is 8.72. The average Bonchev–Trinajstić information content (AvgIpc) is 3.68. The second-order valence-electron chi connectivity index (χ2n) is 8.08. The predicted octanol–water partition coefficient (Wildman–Crippen LogP) is 6.44. The molecule has 0 spiro atoms. The molecule has 0 aliphatic carbocycles. The molecule has 0 amide bonds. The van der Waals surface area contributed by atoms with E-state index in [0.717, 1.165) is 13.1 Å². The van der Waals surface area contributed by atoms with Gasteiger partial charge in [0.05, 0.1) is 12.4 Å². The van der Waals surface area contributed by atoms with Gasteiger partial charge in [-0.25, -0.2) is 27.9 Å². The Labute approximate surface area is 268 Å². The predicted molar refractivity (Wildman–Crippen MR) is 179 cm³/mol. The third-order valence-corrected chi connectivity index (χ3v) is 4.85. The lowest BCUT2D eigenvalue weighted by atomic mass is 10.1. The second kappa shape index (κ2) is 25.2. The van der Waals surface area contributed by atoms with E-state index in [2.05, 4.69) is 101 Å². The molecule has 3 aromatic rings. The van der Waals surface area contributed by atoms with Crippen LogP contribution in [0.2, 0.25) is 0 Å². The van der Waals surface area contributed by atoms with Gasteiger partial charge in [0.2, 0.25) is 12.7 Å². The van der Waals surface area contributed by atoms with Gasteiger partial charge in [-0.1, -0.05) is 96.3 Å². The molecule has 0 saturated carbocycles. The zero-order chi connectivity index (χ0) is 32.5. The van der Waals surface area contributed by atoms with Crippen LogP contribution in [-0.2, 0) is 32.2 Å². The smallest absolute Gasteiger partial charge is 0.333 e. The number of ether oxygens (including phenoxy) is 2. The zero-order valence-corrected chi connectivity index (χ0v) is 28.9. The van der Waals surface area contributed by atoms with Gasteiger partial charge in [0.25, 0.3) is 0 Å². The third-order valence-electron chi connectivity index (χ3n) is 4.85. The van der Waals surface area contributed by atoms with E-state index in [4.69, 9.17) is 0 Å². The first-order chi connectivity index (χ1) is 20.2. The van der Waals surface area contributed by atoms with Gasteiger partial charge in [-0.2, -0.15) is 0 Å². The first-order valence-corrected chi connectivity index (χ1v) is 16.3. The highest BCUT2D eigenvalue weighted by Crippen LogP contribution is 2.04. The molecule has 0 N–H and O–H groups in total. The Bertz CT molecular complexity index is 1140. The van der Waals surface area contributed by atoms with Crippen molar-refractivity contribution in [3.8, 4) is 0 Å². The van der Waals surface area contributed by atoms with Crippen LogP contribution in [0.1, 0.15) is 38.8 Å². The van der Waals surface area contributed by atoms with Gasteiger partial charge in [-0.05, 0) is 36.6 Å². The largest absolute Gasteiger partial charge is 0.459 e. The van der Waals surface area contributed by atoms with Crippen molar-refractivity contribution in [1.82, 2.24) is 9.13 Å². The monoisotopic (exact) mass is 708 g/mol. The number of halogens is 2.